The molecular formula is C20H19F4N. The van der Waals surface area contributed by atoms with Gasteiger partial charge in [-0.25, -0.2) is 4.39 Å². The monoisotopic (exact) mass is 349 g/mol. The van der Waals surface area contributed by atoms with E-state index in [9.17, 15) is 17.6 Å². The van der Waals surface area contributed by atoms with Gasteiger partial charge in [0, 0.05) is 12.1 Å². The number of nitrogens with zero attached hydrogens (tertiary/aromatic N) is 1. The molecule has 1 aliphatic heterocycles. The van der Waals surface area contributed by atoms with Gasteiger partial charge in [0.15, 0.2) is 0 Å². The molecular weight excluding hydrogens is 330 g/mol. The van der Waals surface area contributed by atoms with Crippen molar-refractivity contribution in [3.05, 3.63) is 71.6 Å². The molecule has 0 amide bonds. The molecule has 1 aliphatic rings. The lowest BCUT2D eigenvalue weighted by molar-refractivity contribution is -0.146. The van der Waals surface area contributed by atoms with Crippen molar-refractivity contribution in [1.82, 2.24) is 0 Å². The van der Waals surface area contributed by atoms with Crippen LogP contribution in [0, 0.1) is 5.82 Å². The van der Waals surface area contributed by atoms with Crippen LogP contribution in [0.5, 0.6) is 0 Å². The van der Waals surface area contributed by atoms with Crippen LogP contribution in [-0.2, 0) is 6.42 Å². The number of benzene rings is 2. The third kappa shape index (κ3) is 3.86. The molecule has 0 radical (unpaired) electrons. The average molecular weight is 349 g/mol. The molecule has 1 heterocycles. The Bertz CT molecular complexity index is 767. The van der Waals surface area contributed by atoms with Gasteiger partial charge in [0.05, 0.1) is 17.6 Å². The van der Waals surface area contributed by atoms with E-state index in [0.29, 0.717) is 5.56 Å². The molecule has 5 heteroatoms. The van der Waals surface area contributed by atoms with Gasteiger partial charge in [0.2, 0.25) is 0 Å². The summed E-state index contributed by atoms with van der Waals surface area (Å²) in [7, 11) is 0. The Kier molecular flexibility index (Phi) is 4.58. The van der Waals surface area contributed by atoms with Gasteiger partial charge in [-0.05, 0) is 25.0 Å². The Morgan fingerprint density at radius 2 is 1.72 bits per heavy atom. The van der Waals surface area contributed by atoms with E-state index in [1.54, 1.807) is 60.4 Å². The van der Waals surface area contributed by atoms with Crippen molar-refractivity contribution in [2.75, 3.05) is 11.4 Å². The van der Waals surface area contributed by atoms with E-state index in [1.165, 1.54) is 6.07 Å². The normalized spacial score (nSPS) is 16.4. The number of hydrogen-bond donors (Lipinski definition) is 0. The zero-order chi connectivity index (χ0) is 18.1. The second-order valence-electron chi connectivity index (χ2n) is 6.64. The first-order valence-electron chi connectivity index (χ1n) is 8.12. The predicted octanol–water partition coefficient (Wildman–Crippen LogP) is 5.61. The van der Waals surface area contributed by atoms with Gasteiger partial charge < -0.3 is 4.90 Å². The van der Waals surface area contributed by atoms with Crippen molar-refractivity contribution < 1.29 is 17.6 Å². The standard InChI is InChI=1S/C20H19F4N/c1-19(14-20(22,23)24,13-15-7-3-2-4-8-15)25-12-6-10-16-9-5-11-17(21)18(16)25/h2-11H,12-14H2,1H3/t19-/m1/s1. The number of para-hydroxylation sites is 1. The van der Waals surface area contributed by atoms with E-state index in [2.05, 4.69) is 0 Å². The van der Waals surface area contributed by atoms with Crippen LogP contribution in [0.2, 0.25) is 0 Å². The van der Waals surface area contributed by atoms with Gasteiger partial charge in [-0.3, -0.25) is 0 Å². The SMILES string of the molecule is C[C@@](Cc1ccccc1)(CC(F)(F)F)N1CC=Cc2cccc(F)c21. The average Bonchev–Trinajstić information content (AvgIpc) is 2.54. The number of anilines is 1. The highest BCUT2D eigenvalue weighted by Crippen LogP contribution is 2.40. The third-order valence-corrected chi connectivity index (χ3v) is 4.53. The van der Waals surface area contributed by atoms with E-state index in [1.807, 2.05) is 6.07 Å². The van der Waals surface area contributed by atoms with Crippen molar-refractivity contribution in [2.24, 2.45) is 0 Å². The number of alkyl halides is 3. The Hall–Kier alpha value is -2.30. The molecule has 132 valence electrons. The minimum Gasteiger partial charge on any atom is -0.359 e. The molecule has 25 heavy (non-hydrogen) atoms. The summed E-state index contributed by atoms with van der Waals surface area (Å²) in [4.78, 5) is 1.55. The number of hydrogen-bond acceptors (Lipinski definition) is 1. The lowest BCUT2D eigenvalue weighted by Crippen LogP contribution is -2.52. The van der Waals surface area contributed by atoms with Gasteiger partial charge >= 0.3 is 6.18 Å². The summed E-state index contributed by atoms with van der Waals surface area (Å²) < 4.78 is 54.5. The maximum absolute atomic E-state index is 14.5. The largest absolute Gasteiger partial charge is 0.391 e. The quantitative estimate of drug-likeness (QED) is 0.648. The second-order valence-corrected chi connectivity index (χ2v) is 6.64. The van der Waals surface area contributed by atoms with Crippen LogP contribution in [0.3, 0.4) is 0 Å². The second kappa shape index (κ2) is 6.54. The summed E-state index contributed by atoms with van der Waals surface area (Å²) in [6.45, 7) is 1.80. The number of halogens is 4. The van der Waals surface area contributed by atoms with Crippen molar-refractivity contribution in [2.45, 2.75) is 31.5 Å². The van der Waals surface area contributed by atoms with E-state index in [-0.39, 0.29) is 18.7 Å². The molecule has 0 unspecified atom stereocenters. The molecule has 0 aliphatic carbocycles. The Morgan fingerprint density at radius 3 is 2.40 bits per heavy atom. The van der Waals surface area contributed by atoms with Crippen LogP contribution < -0.4 is 4.90 Å². The van der Waals surface area contributed by atoms with Crippen LogP contribution in [0.15, 0.2) is 54.6 Å². The topological polar surface area (TPSA) is 3.24 Å². The Morgan fingerprint density at radius 1 is 1.00 bits per heavy atom. The first kappa shape index (κ1) is 17.5. The molecule has 0 spiro atoms. The lowest BCUT2D eigenvalue weighted by atomic mass is 9.85. The fourth-order valence-electron chi connectivity index (χ4n) is 3.54. The molecule has 1 nitrogen and oxygen atoms in total. The van der Waals surface area contributed by atoms with Gasteiger partial charge in [-0.1, -0.05) is 54.6 Å². The highest BCUT2D eigenvalue weighted by atomic mass is 19.4. The van der Waals surface area contributed by atoms with Crippen LogP contribution >= 0.6 is 0 Å². The number of rotatable bonds is 4. The summed E-state index contributed by atoms with van der Waals surface area (Å²) in [5.74, 6) is -0.497. The maximum atomic E-state index is 14.5. The van der Waals surface area contributed by atoms with Crippen molar-refractivity contribution in [3.63, 3.8) is 0 Å². The molecule has 1 atom stereocenters. The molecule has 0 fully saturated rings. The summed E-state index contributed by atoms with van der Waals surface area (Å²) in [6, 6.07) is 13.6. The minimum absolute atomic E-state index is 0.176. The molecule has 0 aromatic heterocycles. The van der Waals surface area contributed by atoms with E-state index >= 15 is 0 Å². The van der Waals surface area contributed by atoms with Gasteiger partial charge in [0.1, 0.15) is 5.82 Å². The minimum atomic E-state index is -4.35. The highest BCUT2D eigenvalue weighted by Gasteiger charge is 2.44. The fourth-order valence-corrected chi connectivity index (χ4v) is 3.54. The van der Waals surface area contributed by atoms with Crippen molar-refractivity contribution >= 4 is 11.8 Å². The highest BCUT2D eigenvalue weighted by molar-refractivity contribution is 5.72. The van der Waals surface area contributed by atoms with Crippen LogP contribution in [0.1, 0.15) is 24.5 Å². The third-order valence-electron chi connectivity index (χ3n) is 4.53. The number of fused-ring (bicyclic) bond motifs is 1. The molecule has 2 aromatic rings. The molecule has 0 saturated carbocycles. The molecule has 0 saturated heterocycles. The lowest BCUT2D eigenvalue weighted by Gasteiger charge is -2.45. The zero-order valence-corrected chi connectivity index (χ0v) is 13.9. The smallest absolute Gasteiger partial charge is 0.359 e. The van der Waals surface area contributed by atoms with Crippen LogP contribution in [0.25, 0.3) is 6.08 Å². The maximum Gasteiger partial charge on any atom is 0.391 e. The van der Waals surface area contributed by atoms with E-state index in [0.717, 1.165) is 5.56 Å². The molecule has 3 rings (SSSR count). The molecule has 2 aromatic carbocycles. The summed E-state index contributed by atoms with van der Waals surface area (Å²) >= 11 is 0. The first-order chi connectivity index (χ1) is 11.8. The Labute approximate surface area is 144 Å². The van der Waals surface area contributed by atoms with Crippen molar-refractivity contribution in [3.8, 4) is 0 Å². The summed E-state index contributed by atoms with van der Waals surface area (Å²) in [5, 5.41) is 0. The van der Waals surface area contributed by atoms with Crippen molar-refractivity contribution in [1.29, 1.82) is 0 Å². The Balaban J connectivity index is 2.05. The van der Waals surface area contributed by atoms with Crippen LogP contribution in [-0.4, -0.2) is 18.3 Å². The summed E-state index contributed by atoms with van der Waals surface area (Å²) in [5.41, 5.74) is 0.350. The van der Waals surface area contributed by atoms with Crippen LogP contribution in [0.4, 0.5) is 23.2 Å². The fraction of sp³-hybridized carbons (Fsp3) is 0.300. The summed E-state index contributed by atoms with van der Waals surface area (Å²) in [6.07, 6.45) is -1.66. The first-order valence-corrected chi connectivity index (χ1v) is 8.12. The van der Waals surface area contributed by atoms with E-state index < -0.39 is 24.0 Å². The van der Waals surface area contributed by atoms with E-state index in [4.69, 9.17) is 0 Å². The predicted molar refractivity (Wildman–Crippen MR) is 92.0 cm³/mol. The zero-order valence-electron chi connectivity index (χ0n) is 13.9. The van der Waals surface area contributed by atoms with Gasteiger partial charge in [-0.2, -0.15) is 13.2 Å². The molecule has 0 N–H and O–H groups in total. The van der Waals surface area contributed by atoms with Gasteiger partial charge in [0.25, 0.3) is 0 Å². The van der Waals surface area contributed by atoms with Gasteiger partial charge in [-0.15, -0.1) is 0 Å². The molecule has 0 bridgehead atoms.